The zero-order chi connectivity index (χ0) is 32.3. The molecular weight excluding hydrogens is 669 g/mol. The van der Waals surface area contributed by atoms with Crippen LogP contribution in [-0.2, 0) is 39.3 Å². The molecule has 234 valence electrons. The Labute approximate surface area is 246 Å². The predicted molar refractivity (Wildman–Crippen MR) is 137 cm³/mol. The summed E-state index contributed by atoms with van der Waals surface area (Å²) >= 11 is 2.62. The molecular formula is C26H21BrF9N3O4. The number of ether oxygens (including phenoxy) is 2. The molecule has 1 atom stereocenters. The number of anilines is 2. The molecule has 3 rings (SSSR count). The van der Waals surface area contributed by atoms with Crippen LogP contribution in [0.15, 0.2) is 57.8 Å². The Balaban J connectivity index is 2.56. The first kappa shape index (κ1) is 33.9. The first-order valence-corrected chi connectivity index (χ1v) is 13.0. The summed E-state index contributed by atoms with van der Waals surface area (Å²) in [4.78, 5) is 29.9. The van der Waals surface area contributed by atoms with Crippen LogP contribution in [0.1, 0.15) is 36.2 Å². The van der Waals surface area contributed by atoms with Gasteiger partial charge in [-0.05, 0) is 47.5 Å². The molecule has 0 spiro atoms. The zero-order valence-electron chi connectivity index (χ0n) is 22.1. The highest BCUT2D eigenvalue weighted by Gasteiger charge is 2.43. The highest BCUT2D eigenvalue weighted by atomic mass is 79.9. The maximum absolute atomic E-state index is 14.0. The van der Waals surface area contributed by atoms with Crippen LogP contribution in [0.2, 0.25) is 0 Å². The van der Waals surface area contributed by atoms with Crippen LogP contribution in [0.3, 0.4) is 0 Å². The molecule has 1 unspecified atom stereocenters. The molecule has 43 heavy (non-hydrogen) atoms. The highest BCUT2D eigenvalue weighted by molar-refractivity contribution is 9.10. The summed E-state index contributed by atoms with van der Waals surface area (Å²) in [5, 5.41) is 0. The van der Waals surface area contributed by atoms with Crippen molar-refractivity contribution < 1.29 is 53.8 Å². The summed E-state index contributed by atoms with van der Waals surface area (Å²) < 4.78 is 135. The summed E-state index contributed by atoms with van der Waals surface area (Å²) in [6.45, 7) is 1.27. The van der Waals surface area contributed by atoms with Crippen molar-refractivity contribution >= 4 is 33.5 Å². The number of nitrogens with zero attached hydrogens (tertiary/aromatic N) is 3. The minimum Gasteiger partial charge on any atom is -0.463 e. The second-order valence-electron chi connectivity index (χ2n) is 8.63. The van der Waals surface area contributed by atoms with E-state index >= 15 is 0 Å². The van der Waals surface area contributed by atoms with Gasteiger partial charge in [-0.25, -0.2) is 9.78 Å². The van der Waals surface area contributed by atoms with Gasteiger partial charge >= 0.3 is 24.5 Å². The fourth-order valence-corrected chi connectivity index (χ4v) is 4.50. The fraction of sp³-hybridized carbons (Fsp3) is 0.346. The van der Waals surface area contributed by atoms with Crippen molar-refractivity contribution in [3.8, 4) is 0 Å². The van der Waals surface area contributed by atoms with Crippen molar-refractivity contribution in [2.45, 2.75) is 45.1 Å². The SMILES string of the molecule is CCOC(=O)C(OCC)N(c1cc(C(F)(F)F)cc(C(F)(F)F)c1Br)c1nc(C(F)(F)F)cc(=O)n1Cc1ccccc1. The van der Waals surface area contributed by atoms with Gasteiger partial charge in [0.25, 0.3) is 5.56 Å². The van der Waals surface area contributed by atoms with E-state index in [1.54, 1.807) is 6.07 Å². The minimum atomic E-state index is -5.42. The van der Waals surface area contributed by atoms with Crippen molar-refractivity contribution in [3.05, 3.63) is 85.7 Å². The molecule has 0 N–H and O–H groups in total. The maximum atomic E-state index is 14.0. The summed E-state index contributed by atoms with van der Waals surface area (Å²) in [6.07, 6.45) is -18.4. The monoisotopic (exact) mass is 689 g/mol. The van der Waals surface area contributed by atoms with Gasteiger partial charge < -0.3 is 9.47 Å². The number of hydrogen-bond donors (Lipinski definition) is 0. The lowest BCUT2D eigenvalue weighted by Gasteiger charge is -2.34. The van der Waals surface area contributed by atoms with Gasteiger partial charge in [0.05, 0.1) is 34.4 Å². The second-order valence-corrected chi connectivity index (χ2v) is 9.42. The van der Waals surface area contributed by atoms with E-state index in [-0.39, 0.29) is 35.3 Å². The lowest BCUT2D eigenvalue weighted by atomic mass is 10.1. The molecule has 0 aliphatic rings. The Morgan fingerprint density at radius 3 is 2.07 bits per heavy atom. The van der Waals surface area contributed by atoms with Crippen LogP contribution >= 0.6 is 15.9 Å². The normalized spacial score (nSPS) is 13.1. The van der Waals surface area contributed by atoms with E-state index in [9.17, 15) is 49.1 Å². The van der Waals surface area contributed by atoms with Gasteiger partial charge in [-0.15, -0.1) is 0 Å². The third-order valence-electron chi connectivity index (χ3n) is 5.67. The van der Waals surface area contributed by atoms with E-state index in [1.807, 2.05) is 0 Å². The van der Waals surface area contributed by atoms with Crippen LogP contribution in [0.5, 0.6) is 0 Å². The smallest absolute Gasteiger partial charge is 0.433 e. The topological polar surface area (TPSA) is 73.7 Å². The number of benzene rings is 2. The third kappa shape index (κ3) is 7.87. The van der Waals surface area contributed by atoms with E-state index in [1.165, 1.54) is 38.1 Å². The van der Waals surface area contributed by atoms with E-state index < -0.39 is 82.4 Å². The molecule has 0 saturated heterocycles. The van der Waals surface area contributed by atoms with Gasteiger partial charge in [-0.1, -0.05) is 30.3 Å². The molecule has 17 heteroatoms. The Kier molecular flexibility index (Phi) is 10.2. The largest absolute Gasteiger partial charge is 0.463 e. The molecule has 0 bridgehead atoms. The minimum absolute atomic E-state index is 0.104. The Morgan fingerprint density at radius 2 is 1.56 bits per heavy atom. The van der Waals surface area contributed by atoms with Crippen LogP contribution in [0.25, 0.3) is 0 Å². The predicted octanol–water partition coefficient (Wildman–Crippen LogP) is 7.17. The van der Waals surface area contributed by atoms with Gasteiger partial charge in [-0.3, -0.25) is 14.3 Å². The van der Waals surface area contributed by atoms with Gasteiger partial charge in [0.15, 0.2) is 5.69 Å². The van der Waals surface area contributed by atoms with Crippen molar-refractivity contribution in [1.82, 2.24) is 9.55 Å². The second kappa shape index (κ2) is 13.0. The van der Waals surface area contributed by atoms with E-state index in [4.69, 9.17) is 9.47 Å². The van der Waals surface area contributed by atoms with Crippen molar-refractivity contribution in [1.29, 1.82) is 0 Å². The van der Waals surface area contributed by atoms with Crippen LogP contribution < -0.4 is 10.5 Å². The molecule has 0 amide bonds. The molecule has 3 aromatic rings. The molecule has 0 aliphatic carbocycles. The lowest BCUT2D eigenvalue weighted by molar-refractivity contribution is -0.155. The van der Waals surface area contributed by atoms with Gasteiger partial charge in [-0.2, -0.15) is 39.5 Å². The first-order valence-electron chi connectivity index (χ1n) is 12.2. The molecule has 1 aromatic heterocycles. The van der Waals surface area contributed by atoms with Crippen molar-refractivity contribution in [2.75, 3.05) is 18.1 Å². The zero-order valence-corrected chi connectivity index (χ0v) is 23.7. The summed E-state index contributed by atoms with van der Waals surface area (Å²) in [7, 11) is 0. The van der Waals surface area contributed by atoms with E-state index in [0.29, 0.717) is 4.57 Å². The van der Waals surface area contributed by atoms with E-state index in [2.05, 4.69) is 20.9 Å². The van der Waals surface area contributed by atoms with Gasteiger partial charge in [0.2, 0.25) is 12.2 Å². The standard InChI is InChI=1S/C26H21BrF9N3O4/c1-3-42-21(22(41)43-4-2)39(17-11-15(24(28,29)30)10-16(20(17)27)25(31,32)33)23-37-18(26(34,35)36)12-19(40)38(23)13-14-8-6-5-7-9-14/h5-12,21H,3-4,13H2,1-2H3. The third-order valence-corrected chi connectivity index (χ3v) is 6.50. The van der Waals surface area contributed by atoms with Crippen molar-refractivity contribution in [2.24, 2.45) is 0 Å². The number of carbonyl (C=O) groups is 1. The van der Waals surface area contributed by atoms with Gasteiger partial charge in [0, 0.05) is 12.7 Å². The molecule has 0 radical (unpaired) electrons. The average Bonchev–Trinajstić information content (AvgIpc) is 2.89. The lowest BCUT2D eigenvalue weighted by Crippen LogP contribution is -2.45. The number of carbonyl (C=O) groups excluding carboxylic acids is 1. The number of esters is 1. The molecule has 2 aromatic carbocycles. The summed E-state index contributed by atoms with van der Waals surface area (Å²) in [5.74, 6) is -2.55. The van der Waals surface area contributed by atoms with Crippen molar-refractivity contribution in [3.63, 3.8) is 0 Å². The van der Waals surface area contributed by atoms with Gasteiger partial charge in [0.1, 0.15) is 0 Å². The van der Waals surface area contributed by atoms with Crippen LogP contribution in [-0.4, -0.2) is 35.0 Å². The maximum Gasteiger partial charge on any atom is 0.433 e. The molecule has 1 heterocycles. The Morgan fingerprint density at radius 1 is 0.930 bits per heavy atom. The highest BCUT2D eigenvalue weighted by Crippen LogP contribution is 2.46. The summed E-state index contributed by atoms with van der Waals surface area (Å²) in [6, 6.07) is 7.54. The molecule has 7 nitrogen and oxygen atoms in total. The Bertz CT molecular complexity index is 1510. The first-order chi connectivity index (χ1) is 19.9. The van der Waals surface area contributed by atoms with Crippen LogP contribution in [0.4, 0.5) is 51.1 Å². The Hall–Kier alpha value is -3.60. The molecule has 0 aliphatic heterocycles. The quantitative estimate of drug-likeness (QED) is 0.135. The van der Waals surface area contributed by atoms with Crippen LogP contribution in [0, 0.1) is 0 Å². The summed E-state index contributed by atoms with van der Waals surface area (Å²) in [5.41, 5.74) is -7.82. The fourth-order valence-electron chi connectivity index (χ4n) is 3.85. The molecule has 0 fully saturated rings. The van der Waals surface area contributed by atoms with E-state index in [0.717, 1.165) is 0 Å². The number of aromatic nitrogens is 2. The number of hydrogen-bond acceptors (Lipinski definition) is 6. The average molecular weight is 690 g/mol. The number of halogens is 10. The number of alkyl halides is 9. The molecule has 0 saturated carbocycles. The number of rotatable bonds is 9.